The van der Waals surface area contributed by atoms with Crippen LogP contribution in [0.15, 0.2) is 11.6 Å². The Balaban J connectivity index is 1.70. The molecule has 0 heterocycles. The van der Waals surface area contributed by atoms with Crippen LogP contribution < -0.4 is 0 Å². The Morgan fingerprint density at radius 2 is 2.00 bits per heavy atom. The van der Waals surface area contributed by atoms with Crippen LogP contribution in [-0.2, 0) is 4.79 Å². The summed E-state index contributed by atoms with van der Waals surface area (Å²) in [6.45, 7) is 2.19. The Morgan fingerprint density at radius 3 is 2.70 bits per heavy atom. The topological polar surface area (TPSA) is 60.8 Å². The number of hydrogen-bond donors (Lipinski definition) is 2. The van der Waals surface area contributed by atoms with E-state index in [2.05, 4.69) is 13.0 Å². The fraction of sp³-hybridized carbons (Fsp3) is 0.870. The number of unbranched alkanes of at least 4 members (excludes halogenated alkanes) is 3. The lowest BCUT2D eigenvalue weighted by atomic mass is 9.85. The fourth-order valence-corrected chi connectivity index (χ4v) is 5.00. The second-order valence-corrected chi connectivity index (χ2v) is 9.05. The van der Waals surface area contributed by atoms with E-state index in [9.17, 15) is 15.0 Å². The number of allylic oxidation sites excluding steroid dienone is 2. The van der Waals surface area contributed by atoms with Gasteiger partial charge in [-0.1, -0.05) is 37.8 Å². The van der Waals surface area contributed by atoms with Gasteiger partial charge in [-0.3, -0.25) is 4.79 Å². The van der Waals surface area contributed by atoms with E-state index >= 15 is 0 Å². The van der Waals surface area contributed by atoms with Crippen LogP contribution in [-0.4, -0.2) is 47.3 Å². The van der Waals surface area contributed by atoms with Gasteiger partial charge in [-0.15, -0.1) is 0 Å². The van der Waals surface area contributed by atoms with Crippen molar-refractivity contribution in [1.82, 2.24) is 4.90 Å². The zero-order valence-electron chi connectivity index (χ0n) is 17.7. The monoisotopic (exact) mass is 379 g/mol. The fourth-order valence-electron chi connectivity index (χ4n) is 5.00. The molecule has 4 nitrogen and oxygen atoms in total. The summed E-state index contributed by atoms with van der Waals surface area (Å²) in [6.07, 6.45) is 14.0. The molecular weight excluding hydrogens is 338 g/mol. The van der Waals surface area contributed by atoms with E-state index in [1.807, 2.05) is 14.1 Å². The van der Waals surface area contributed by atoms with Gasteiger partial charge in [0.25, 0.3) is 0 Å². The summed E-state index contributed by atoms with van der Waals surface area (Å²) in [7, 11) is 3.63. The summed E-state index contributed by atoms with van der Waals surface area (Å²) in [5, 5.41) is 20.7. The van der Waals surface area contributed by atoms with E-state index in [1.54, 1.807) is 4.90 Å². The summed E-state index contributed by atoms with van der Waals surface area (Å²) in [6, 6.07) is 0. The molecule has 5 atom stereocenters. The molecule has 4 heteroatoms. The number of rotatable bonds is 12. The van der Waals surface area contributed by atoms with E-state index in [1.165, 1.54) is 18.4 Å². The van der Waals surface area contributed by atoms with Crippen LogP contribution in [0.1, 0.15) is 84.0 Å². The summed E-state index contributed by atoms with van der Waals surface area (Å²) in [5.41, 5.74) is 1.53. The van der Waals surface area contributed by atoms with Gasteiger partial charge in [-0.2, -0.15) is 0 Å². The molecule has 2 aliphatic carbocycles. The molecule has 0 saturated heterocycles. The molecule has 0 aromatic rings. The minimum absolute atomic E-state index is 0.196. The highest BCUT2D eigenvalue weighted by Crippen LogP contribution is 2.49. The molecule has 2 aliphatic rings. The lowest BCUT2D eigenvalue weighted by Crippen LogP contribution is -2.21. The zero-order valence-corrected chi connectivity index (χ0v) is 17.7. The first-order chi connectivity index (χ1) is 12.9. The number of hydrogen-bond acceptors (Lipinski definition) is 3. The SMILES string of the molecule is CCCCC[C@H](O)CC[C@@H]1[C@H]2CC(CCCCC(=O)N(C)C)=C[C@H]2C[C@H]1O. The van der Waals surface area contributed by atoms with Gasteiger partial charge in [-0.05, 0) is 69.1 Å². The molecule has 0 radical (unpaired) electrons. The van der Waals surface area contributed by atoms with Crippen LogP contribution in [0.25, 0.3) is 0 Å². The first-order valence-electron chi connectivity index (χ1n) is 11.2. The van der Waals surface area contributed by atoms with Crippen molar-refractivity contribution in [2.24, 2.45) is 17.8 Å². The van der Waals surface area contributed by atoms with Crippen LogP contribution in [0.5, 0.6) is 0 Å². The highest BCUT2D eigenvalue weighted by molar-refractivity contribution is 5.75. The third-order valence-electron chi connectivity index (χ3n) is 6.67. The Morgan fingerprint density at radius 1 is 1.22 bits per heavy atom. The number of carbonyl (C=O) groups is 1. The van der Waals surface area contributed by atoms with E-state index < -0.39 is 0 Å². The number of carbonyl (C=O) groups excluding carboxylic acids is 1. The van der Waals surface area contributed by atoms with E-state index in [0.29, 0.717) is 24.2 Å². The molecule has 0 bridgehead atoms. The molecule has 1 amide bonds. The normalized spacial score (nSPS) is 28.1. The predicted molar refractivity (Wildman–Crippen MR) is 110 cm³/mol. The smallest absolute Gasteiger partial charge is 0.222 e. The van der Waals surface area contributed by atoms with Crippen molar-refractivity contribution in [3.63, 3.8) is 0 Å². The third-order valence-corrected chi connectivity index (χ3v) is 6.67. The van der Waals surface area contributed by atoms with Crippen molar-refractivity contribution < 1.29 is 15.0 Å². The van der Waals surface area contributed by atoms with Crippen molar-refractivity contribution in [2.75, 3.05) is 14.1 Å². The molecule has 0 spiro atoms. The van der Waals surface area contributed by atoms with Crippen molar-refractivity contribution in [2.45, 2.75) is 96.2 Å². The van der Waals surface area contributed by atoms with Gasteiger partial charge >= 0.3 is 0 Å². The molecule has 156 valence electrons. The van der Waals surface area contributed by atoms with Crippen LogP contribution in [0.3, 0.4) is 0 Å². The van der Waals surface area contributed by atoms with Gasteiger partial charge in [-0.25, -0.2) is 0 Å². The molecule has 0 unspecified atom stereocenters. The lowest BCUT2D eigenvalue weighted by molar-refractivity contribution is -0.128. The summed E-state index contributed by atoms with van der Waals surface area (Å²) in [4.78, 5) is 13.3. The molecule has 0 aromatic carbocycles. The number of amides is 1. The first kappa shape index (κ1) is 22.4. The molecule has 0 aromatic heterocycles. The van der Waals surface area contributed by atoms with Crippen molar-refractivity contribution >= 4 is 5.91 Å². The van der Waals surface area contributed by atoms with Crippen LogP contribution in [0.2, 0.25) is 0 Å². The maximum atomic E-state index is 11.7. The Hall–Kier alpha value is -0.870. The van der Waals surface area contributed by atoms with E-state index in [-0.39, 0.29) is 18.1 Å². The van der Waals surface area contributed by atoms with Crippen LogP contribution in [0, 0.1) is 17.8 Å². The van der Waals surface area contributed by atoms with Crippen molar-refractivity contribution in [3.8, 4) is 0 Å². The van der Waals surface area contributed by atoms with E-state index in [0.717, 1.165) is 57.8 Å². The van der Waals surface area contributed by atoms with Gasteiger partial charge in [0.2, 0.25) is 5.91 Å². The van der Waals surface area contributed by atoms with Gasteiger partial charge in [0, 0.05) is 20.5 Å². The number of aliphatic hydroxyl groups excluding tert-OH is 2. The highest BCUT2D eigenvalue weighted by atomic mass is 16.3. The zero-order chi connectivity index (χ0) is 19.8. The average molecular weight is 380 g/mol. The quantitative estimate of drug-likeness (QED) is 0.392. The van der Waals surface area contributed by atoms with Crippen LogP contribution in [0.4, 0.5) is 0 Å². The maximum Gasteiger partial charge on any atom is 0.222 e. The minimum Gasteiger partial charge on any atom is -0.393 e. The molecular formula is C23H41NO3. The van der Waals surface area contributed by atoms with Gasteiger partial charge in [0.15, 0.2) is 0 Å². The van der Waals surface area contributed by atoms with Crippen LogP contribution >= 0.6 is 0 Å². The van der Waals surface area contributed by atoms with Crippen molar-refractivity contribution in [1.29, 1.82) is 0 Å². The summed E-state index contributed by atoms with van der Waals surface area (Å²) in [5.74, 6) is 1.66. The largest absolute Gasteiger partial charge is 0.393 e. The standard InChI is InChI=1S/C23H41NO3/c1-4-5-6-10-19(25)12-13-20-21-15-17(14-18(21)16-22(20)26)9-7-8-11-23(27)24(2)3/h14,18-22,25-26H,4-13,15-16H2,1-3H3/t18-,19-,20+,21-,22+/m0/s1. The lowest BCUT2D eigenvalue weighted by Gasteiger charge is -2.23. The molecule has 1 fully saturated rings. The number of nitrogens with zero attached hydrogens (tertiary/aromatic N) is 1. The second kappa shape index (κ2) is 11.2. The molecule has 1 saturated carbocycles. The summed E-state index contributed by atoms with van der Waals surface area (Å²) < 4.78 is 0. The number of fused-ring (bicyclic) bond motifs is 1. The number of aliphatic hydroxyl groups is 2. The molecule has 0 aliphatic heterocycles. The Labute approximate surface area is 166 Å². The second-order valence-electron chi connectivity index (χ2n) is 9.05. The summed E-state index contributed by atoms with van der Waals surface area (Å²) >= 11 is 0. The maximum absolute atomic E-state index is 11.7. The van der Waals surface area contributed by atoms with E-state index in [4.69, 9.17) is 0 Å². The first-order valence-corrected chi connectivity index (χ1v) is 11.2. The average Bonchev–Trinajstić information content (AvgIpc) is 3.13. The highest BCUT2D eigenvalue weighted by Gasteiger charge is 2.44. The van der Waals surface area contributed by atoms with Gasteiger partial charge in [0.05, 0.1) is 12.2 Å². The Bertz CT molecular complexity index is 488. The Kier molecular flexibility index (Phi) is 9.31. The minimum atomic E-state index is -0.203. The molecule has 2 N–H and O–H groups in total. The predicted octanol–water partition coefficient (Wildman–Crippen LogP) is 4.30. The van der Waals surface area contributed by atoms with Crippen molar-refractivity contribution in [3.05, 3.63) is 11.6 Å². The molecule has 27 heavy (non-hydrogen) atoms. The van der Waals surface area contributed by atoms with Gasteiger partial charge < -0.3 is 15.1 Å². The van der Waals surface area contributed by atoms with Gasteiger partial charge in [0.1, 0.15) is 0 Å². The molecule has 2 rings (SSSR count). The third kappa shape index (κ3) is 6.90.